The molecule has 0 saturated heterocycles. The highest BCUT2D eigenvalue weighted by Gasteiger charge is 2.05. The Balaban J connectivity index is 0.000000197. The van der Waals surface area contributed by atoms with Crippen molar-refractivity contribution in [2.75, 3.05) is 11.5 Å². The number of nitrogens with zero attached hydrogens (tertiary/aromatic N) is 3. The molecule has 174 valence electrons. The van der Waals surface area contributed by atoms with Crippen molar-refractivity contribution < 1.29 is 11.3 Å². The van der Waals surface area contributed by atoms with Gasteiger partial charge in [-0.2, -0.15) is 0 Å². The molecule has 10 heteroatoms. The summed E-state index contributed by atoms with van der Waals surface area (Å²) < 4.78 is 1.72. The number of anilines is 2. The topological polar surface area (TPSA) is 144 Å². The predicted molar refractivity (Wildman–Crippen MR) is 143 cm³/mol. The number of nitrogen functional groups attached to an aromatic ring is 2. The average Bonchev–Trinajstić information content (AvgIpc) is 3.26. The number of H-pyrrole nitrogens is 1. The van der Waals surface area contributed by atoms with Crippen molar-refractivity contribution in [1.29, 1.82) is 0 Å². The maximum atomic E-state index is 10.3. The van der Waals surface area contributed by atoms with Gasteiger partial charge >= 0.3 is 5.97 Å². The number of pyridine rings is 2. The minimum Gasteiger partial charge on any atom is -0.477 e. The number of aromatic carboxylic acids is 1. The normalized spacial score (nSPS) is 9.94. The van der Waals surface area contributed by atoms with Gasteiger partial charge < -0.3 is 21.6 Å². The van der Waals surface area contributed by atoms with Gasteiger partial charge in [0.1, 0.15) is 11.4 Å². The number of hydrogen-bond acceptors (Lipinski definition) is 6. The molecule has 34 heavy (non-hydrogen) atoms. The first-order chi connectivity index (χ1) is 16.3. The number of carboxylic acids is 1. The van der Waals surface area contributed by atoms with Crippen LogP contribution in [0.2, 0.25) is 0 Å². The van der Waals surface area contributed by atoms with Crippen LogP contribution in [0.15, 0.2) is 94.1 Å². The van der Waals surface area contributed by atoms with Crippen LogP contribution in [0, 0.1) is 0 Å². The van der Waals surface area contributed by atoms with E-state index in [-0.39, 0.29) is 7.12 Å². The maximum Gasteiger partial charge on any atom is 0.354 e. The van der Waals surface area contributed by atoms with E-state index in [1.165, 1.54) is 12.3 Å². The molecule has 8 nitrogen and oxygen atoms in total. The fourth-order valence-electron chi connectivity index (χ4n) is 2.64. The number of aromatic amines is 1. The Labute approximate surface area is 213 Å². The van der Waals surface area contributed by atoms with Gasteiger partial charge in [-0.05, 0) is 48.5 Å². The molecular formula is C24H22Br2N6O2. The van der Waals surface area contributed by atoms with Crippen molar-refractivity contribution in [3.63, 3.8) is 0 Å². The van der Waals surface area contributed by atoms with Gasteiger partial charge in [0.05, 0.1) is 22.4 Å². The van der Waals surface area contributed by atoms with E-state index in [1.807, 2.05) is 48.5 Å². The average molecular weight is 587 g/mol. The van der Waals surface area contributed by atoms with Crippen molar-refractivity contribution in [1.82, 2.24) is 19.9 Å². The van der Waals surface area contributed by atoms with Crippen molar-refractivity contribution in [3.05, 3.63) is 99.8 Å². The summed E-state index contributed by atoms with van der Waals surface area (Å²) in [5.41, 5.74) is 15.0. The molecule has 6 N–H and O–H groups in total. The Hall–Kier alpha value is -3.76. The van der Waals surface area contributed by atoms with Crippen LogP contribution in [0.3, 0.4) is 0 Å². The number of para-hydroxylation sites is 4. The van der Waals surface area contributed by atoms with E-state index in [0.717, 1.165) is 31.5 Å². The molecular weight excluding hydrogens is 564 g/mol. The molecule has 0 aliphatic carbocycles. The second kappa shape index (κ2) is 11.9. The number of carbonyl (C=O) groups is 1. The van der Waals surface area contributed by atoms with E-state index in [9.17, 15) is 4.79 Å². The van der Waals surface area contributed by atoms with Gasteiger partial charge in [0.25, 0.3) is 0 Å². The van der Waals surface area contributed by atoms with Crippen molar-refractivity contribution in [2.24, 2.45) is 0 Å². The molecule has 0 atom stereocenters. The number of nitrogens with two attached hydrogens (primary N) is 2. The van der Waals surface area contributed by atoms with Gasteiger partial charge in [0, 0.05) is 22.8 Å². The van der Waals surface area contributed by atoms with Crippen LogP contribution in [0.5, 0.6) is 0 Å². The molecule has 0 aliphatic heterocycles. The zero-order chi connectivity index (χ0) is 24.5. The third-order valence-electron chi connectivity index (χ3n) is 4.29. The largest absolute Gasteiger partial charge is 0.477 e. The molecule has 0 aliphatic rings. The second-order valence-corrected chi connectivity index (χ2v) is 8.59. The molecule has 0 unspecified atom stereocenters. The smallest absolute Gasteiger partial charge is 0.354 e. The number of imidazole rings is 1. The summed E-state index contributed by atoms with van der Waals surface area (Å²) in [5.74, 6) is -0.219. The second-order valence-electron chi connectivity index (χ2n) is 6.76. The van der Waals surface area contributed by atoms with Gasteiger partial charge in [-0.15, -0.1) is 0 Å². The third kappa shape index (κ3) is 7.12. The van der Waals surface area contributed by atoms with Gasteiger partial charge in [-0.25, -0.2) is 14.8 Å². The lowest BCUT2D eigenvalue weighted by molar-refractivity contribution is 0.0690. The molecule has 0 amide bonds. The van der Waals surface area contributed by atoms with Crippen molar-refractivity contribution in [3.8, 4) is 11.5 Å². The molecule has 5 aromatic rings. The van der Waals surface area contributed by atoms with Gasteiger partial charge in [0.15, 0.2) is 5.82 Å². The zero-order valence-electron chi connectivity index (χ0n) is 17.7. The summed E-state index contributed by atoms with van der Waals surface area (Å²) in [6.07, 6.45) is 3.19. The Bertz CT molecular complexity index is 1360. The Kier molecular flexibility index (Phi) is 8.72. The number of fused-ring (bicyclic) bond motifs is 1. The van der Waals surface area contributed by atoms with Gasteiger partial charge in [-0.1, -0.05) is 56.1 Å². The van der Waals surface area contributed by atoms with Crippen LogP contribution in [0.4, 0.5) is 11.4 Å². The monoisotopic (exact) mass is 585 g/mol. The fourth-order valence-corrected chi connectivity index (χ4v) is 3.31. The number of halogens is 2. The first-order valence-corrected chi connectivity index (χ1v) is 11.4. The summed E-state index contributed by atoms with van der Waals surface area (Å²) in [5, 5.41) is 8.43. The molecule has 5 rings (SSSR count). The van der Waals surface area contributed by atoms with Crippen LogP contribution in [-0.4, -0.2) is 31.0 Å². The molecule has 0 fully saturated rings. The fraction of sp³-hybridized carbons (Fsp3) is 0. The molecule has 2 aromatic carbocycles. The summed E-state index contributed by atoms with van der Waals surface area (Å²) >= 11 is 6.55. The summed E-state index contributed by atoms with van der Waals surface area (Å²) in [6, 6.07) is 22.2. The lowest BCUT2D eigenvalue weighted by Crippen LogP contribution is -1.98. The predicted octanol–water partition coefficient (Wildman–Crippen LogP) is 6.03. The highest BCUT2D eigenvalue weighted by atomic mass is 79.9. The zero-order valence-corrected chi connectivity index (χ0v) is 20.9. The Morgan fingerprint density at radius 1 is 0.853 bits per heavy atom. The first kappa shape index (κ1) is 24.9. The van der Waals surface area contributed by atoms with E-state index in [2.05, 4.69) is 51.8 Å². The lowest BCUT2D eigenvalue weighted by atomic mass is 10.3. The van der Waals surface area contributed by atoms with Crippen LogP contribution in [0.1, 0.15) is 11.9 Å². The van der Waals surface area contributed by atoms with E-state index in [4.69, 9.17) is 16.6 Å². The van der Waals surface area contributed by atoms with Crippen molar-refractivity contribution in [2.45, 2.75) is 0 Å². The standard InChI is InChI=1S/C12H8BrN3.C6H4BrNO2.C6H8N2.H2/c13-8-5-6-14-11(7-8)12-15-9-3-1-2-4-10(9)16-12;7-4-1-2-8-5(3-4)6(9)10;7-5-3-1-2-4-6(5)8;/h1-7H,(H,15,16);1-3H,(H,9,10);1-4H,7-8H2;1H/i;;;1+1. The highest BCUT2D eigenvalue weighted by molar-refractivity contribution is 9.10. The van der Waals surface area contributed by atoms with Crippen LogP contribution in [0.25, 0.3) is 22.6 Å². The number of hydrogen-bond donors (Lipinski definition) is 4. The molecule has 3 heterocycles. The molecule has 0 saturated carbocycles. The number of aromatic nitrogens is 4. The number of benzene rings is 2. The number of rotatable bonds is 2. The minimum absolute atomic E-state index is 0. The van der Waals surface area contributed by atoms with Gasteiger partial charge in [0.2, 0.25) is 0 Å². The molecule has 0 spiro atoms. The van der Waals surface area contributed by atoms with Crippen LogP contribution >= 0.6 is 31.9 Å². The lowest BCUT2D eigenvalue weighted by Gasteiger charge is -1.95. The molecule has 0 radical (unpaired) electrons. The Morgan fingerprint density at radius 3 is 1.97 bits per heavy atom. The minimum atomic E-state index is -1.01. The number of nitrogens with one attached hydrogen (secondary N) is 1. The molecule has 0 bridgehead atoms. The quantitative estimate of drug-likeness (QED) is 0.185. The summed E-state index contributed by atoms with van der Waals surface area (Å²) in [4.78, 5) is 25.9. The van der Waals surface area contributed by atoms with E-state index < -0.39 is 5.97 Å². The SMILES string of the molecule is Brc1ccnc(-c2nc3ccccc3[nH]2)c1.Nc1ccccc1N.O=C(O)c1cc(Br)ccn1.[2HH]. The maximum absolute atomic E-state index is 10.3. The van der Waals surface area contributed by atoms with Crippen LogP contribution in [-0.2, 0) is 0 Å². The Morgan fingerprint density at radius 2 is 1.44 bits per heavy atom. The number of carboxylic acid groups (broad SMARTS) is 1. The third-order valence-corrected chi connectivity index (χ3v) is 5.28. The van der Waals surface area contributed by atoms with E-state index in [0.29, 0.717) is 11.4 Å². The summed E-state index contributed by atoms with van der Waals surface area (Å²) in [6.45, 7) is 0. The highest BCUT2D eigenvalue weighted by Crippen LogP contribution is 2.20. The van der Waals surface area contributed by atoms with Crippen LogP contribution < -0.4 is 11.5 Å². The molecule has 3 aromatic heterocycles. The van der Waals surface area contributed by atoms with Gasteiger partial charge in [-0.3, -0.25) is 4.98 Å². The summed E-state index contributed by atoms with van der Waals surface area (Å²) in [7, 11) is 0. The van der Waals surface area contributed by atoms with E-state index >= 15 is 0 Å². The first-order valence-electron chi connectivity index (χ1n) is 9.85. The van der Waals surface area contributed by atoms with Crippen molar-refractivity contribution >= 4 is 60.2 Å². The van der Waals surface area contributed by atoms with E-state index in [1.54, 1.807) is 24.4 Å².